The van der Waals surface area contributed by atoms with Gasteiger partial charge in [0.15, 0.2) is 0 Å². The molecule has 1 atom stereocenters. The maximum absolute atomic E-state index is 12.6. The molecule has 2 fully saturated rings. The van der Waals surface area contributed by atoms with E-state index in [9.17, 15) is 9.59 Å². The molecule has 6 heteroatoms. The summed E-state index contributed by atoms with van der Waals surface area (Å²) >= 11 is 1.72. The van der Waals surface area contributed by atoms with E-state index in [4.69, 9.17) is 9.84 Å². The van der Waals surface area contributed by atoms with Gasteiger partial charge < -0.3 is 14.7 Å². The van der Waals surface area contributed by atoms with Gasteiger partial charge in [-0.3, -0.25) is 9.59 Å². The molecule has 0 spiro atoms. The molecule has 2 aliphatic rings. The Labute approximate surface area is 159 Å². The van der Waals surface area contributed by atoms with Crippen LogP contribution in [0.15, 0.2) is 24.3 Å². The Hall–Kier alpha value is -1.69. The lowest BCUT2D eigenvalue weighted by Gasteiger charge is -2.34. The van der Waals surface area contributed by atoms with Gasteiger partial charge in [-0.2, -0.15) is 11.8 Å². The van der Waals surface area contributed by atoms with Crippen LogP contribution < -0.4 is 4.74 Å². The first-order valence-corrected chi connectivity index (χ1v) is 10.6. The monoisotopic (exact) mass is 377 g/mol. The number of benzene rings is 1. The molecule has 1 saturated carbocycles. The number of carbonyl (C=O) groups is 2. The minimum atomic E-state index is -0.841. The molecule has 1 aromatic carbocycles. The summed E-state index contributed by atoms with van der Waals surface area (Å²) in [5.74, 6) is 1.70. The first kappa shape index (κ1) is 19.1. The van der Waals surface area contributed by atoms with E-state index >= 15 is 0 Å². The standard InChI is InChI=1S/C20H27NO4S/c22-19(21-10-11-26-14-16(21)13-20(23)24)9-8-15-4-3-7-18(12-15)25-17-5-1-2-6-17/h3-4,7,12,16-17H,1-2,5-6,8-11,13-14H2,(H,23,24). The first-order chi connectivity index (χ1) is 12.6. The second kappa shape index (κ2) is 9.31. The van der Waals surface area contributed by atoms with Crippen LogP contribution in [0.4, 0.5) is 0 Å². The molecule has 1 amide bonds. The van der Waals surface area contributed by atoms with E-state index < -0.39 is 5.97 Å². The van der Waals surface area contributed by atoms with Crippen molar-refractivity contribution >= 4 is 23.6 Å². The van der Waals surface area contributed by atoms with Crippen LogP contribution in [0.3, 0.4) is 0 Å². The minimum Gasteiger partial charge on any atom is -0.490 e. The summed E-state index contributed by atoms with van der Waals surface area (Å²) in [6.07, 6.45) is 6.16. The van der Waals surface area contributed by atoms with E-state index in [2.05, 4.69) is 0 Å². The molecular weight excluding hydrogens is 350 g/mol. The summed E-state index contributed by atoms with van der Waals surface area (Å²) in [6, 6.07) is 7.83. The highest BCUT2D eigenvalue weighted by molar-refractivity contribution is 7.99. The number of rotatable bonds is 7. The first-order valence-electron chi connectivity index (χ1n) is 9.46. The number of aryl methyl sites for hydroxylation is 1. The maximum Gasteiger partial charge on any atom is 0.305 e. The van der Waals surface area contributed by atoms with E-state index in [1.54, 1.807) is 16.7 Å². The third-order valence-electron chi connectivity index (χ3n) is 5.09. The molecule has 1 aliphatic carbocycles. The number of hydrogen-bond acceptors (Lipinski definition) is 4. The number of carbonyl (C=O) groups excluding carboxylic acids is 1. The fraction of sp³-hybridized carbons (Fsp3) is 0.600. The summed E-state index contributed by atoms with van der Waals surface area (Å²) in [5.41, 5.74) is 1.09. The molecule has 1 heterocycles. The second-order valence-corrected chi connectivity index (χ2v) is 8.24. The van der Waals surface area contributed by atoms with Crippen molar-refractivity contribution in [2.75, 3.05) is 18.1 Å². The third-order valence-corrected chi connectivity index (χ3v) is 6.18. The molecule has 1 unspecified atom stereocenters. The molecule has 0 bridgehead atoms. The Morgan fingerprint density at radius 3 is 2.85 bits per heavy atom. The van der Waals surface area contributed by atoms with Crippen molar-refractivity contribution < 1.29 is 19.4 Å². The van der Waals surface area contributed by atoms with Crippen molar-refractivity contribution in [3.63, 3.8) is 0 Å². The highest BCUT2D eigenvalue weighted by Gasteiger charge is 2.28. The topological polar surface area (TPSA) is 66.8 Å². The van der Waals surface area contributed by atoms with E-state index in [-0.39, 0.29) is 18.4 Å². The van der Waals surface area contributed by atoms with Crippen LogP contribution in [0.25, 0.3) is 0 Å². The van der Waals surface area contributed by atoms with Gasteiger partial charge in [0.05, 0.1) is 18.6 Å². The molecule has 142 valence electrons. The lowest BCUT2D eigenvalue weighted by Crippen LogP contribution is -2.47. The van der Waals surface area contributed by atoms with Gasteiger partial charge in [-0.05, 0) is 49.8 Å². The molecule has 3 rings (SSSR count). The van der Waals surface area contributed by atoms with Crippen LogP contribution in [0.1, 0.15) is 44.1 Å². The quantitative estimate of drug-likeness (QED) is 0.789. The van der Waals surface area contributed by atoms with Crippen molar-refractivity contribution in [2.45, 2.75) is 57.1 Å². The molecule has 0 aromatic heterocycles. The van der Waals surface area contributed by atoms with Gasteiger partial charge in [0.2, 0.25) is 5.91 Å². The van der Waals surface area contributed by atoms with E-state index in [0.717, 1.165) is 29.9 Å². The predicted molar refractivity (Wildman–Crippen MR) is 103 cm³/mol. The SMILES string of the molecule is O=C(O)CC1CSCCN1C(=O)CCc1cccc(OC2CCCC2)c1. The average molecular weight is 378 g/mol. The summed E-state index contributed by atoms with van der Waals surface area (Å²) in [6.45, 7) is 0.645. The van der Waals surface area contributed by atoms with Crippen molar-refractivity contribution in [2.24, 2.45) is 0 Å². The van der Waals surface area contributed by atoms with Gasteiger partial charge in [0, 0.05) is 24.5 Å². The van der Waals surface area contributed by atoms with E-state index in [0.29, 0.717) is 31.2 Å². The number of carboxylic acids is 1. The number of hydrogen-bond donors (Lipinski definition) is 1. The van der Waals surface area contributed by atoms with Crippen LogP contribution in [0.2, 0.25) is 0 Å². The van der Waals surface area contributed by atoms with E-state index in [1.165, 1.54) is 12.8 Å². The van der Waals surface area contributed by atoms with Gasteiger partial charge in [-0.15, -0.1) is 0 Å². The lowest BCUT2D eigenvalue weighted by atomic mass is 10.1. The van der Waals surface area contributed by atoms with Gasteiger partial charge in [0.25, 0.3) is 0 Å². The fourth-order valence-corrected chi connectivity index (χ4v) is 4.78. The highest BCUT2D eigenvalue weighted by atomic mass is 32.2. The molecule has 1 aromatic rings. The van der Waals surface area contributed by atoms with Crippen molar-refractivity contribution in [1.82, 2.24) is 4.90 Å². The molecule has 1 saturated heterocycles. The molecule has 1 aliphatic heterocycles. The van der Waals surface area contributed by atoms with Crippen LogP contribution in [0.5, 0.6) is 5.75 Å². The van der Waals surface area contributed by atoms with Crippen molar-refractivity contribution in [1.29, 1.82) is 0 Å². The zero-order valence-corrected chi connectivity index (χ0v) is 15.9. The molecule has 0 radical (unpaired) electrons. The summed E-state index contributed by atoms with van der Waals surface area (Å²) in [7, 11) is 0. The Bertz CT molecular complexity index is 630. The fourth-order valence-electron chi connectivity index (χ4n) is 3.72. The minimum absolute atomic E-state index is 0.0312. The molecular formula is C20H27NO4S. The summed E-state index contributed by atoms with van der Waals surface area (Å²) in [4.78, 5) is 25.4. The second-order valence-electron chi connectivity index (χ2n) is 7.09. The van der Waals surface area contributed by atoms with Crippen LogP contribution in [-0.2, 0) is 16.0 Å². The largest absolute Gasteiger partial charge is 0.490 e. The van der Waals surface area contributed by atoms with Gasteiger partial charge >= 0.3 is 5.97 Å². The summed E-state index contributed by atoms with van der Waals surface area (Å²) < 4.78 is 6.04. The van der Waals surface area contributed by atoms with E-state index in [1.807, 2.05) is 24.3 Å². The van der Waals surface area contributed by atoms with Gasteiger partial charge in [0.1, 0.15) is 5.75 Å². The van der Waals surface area contributed by atoms with Crippen LogP contribution >= 0.6 is 11.8 Å². The Kier molecular flexibility index (Phi) is 6.83. The zero-order valence-electron chi connectivity index (χ0n) is 15.1. The number of aliphatic carboxylic acids is 1. The number of amides is 1. The summed E-state index contributed by atoms with van der Waals surface area (Å²) in [5, 5.41) is 9.06. The number of ether oxygens (including phenoxy) is 1. The Balaban J connectivity index is 1.53. The molecule has 5 nitrogen and oxygen atoms in total. The smallest absolute Gasteiger partial charge is 0.305 e. The van der Waals surface area contributed by atoms with Crippen molar-refractivity contribution in [3.8, 4) is 5.75 Å². The number of thioether (sulfide) groups is 1. The van der Waals surface area contributed by atoms with Crippen LogP contribution in [-0.4, -0.2) is 52.1 Å². The average Bonchev–Trinajstić information content (AvgIpc) is 3.13. The lowest BCUT2D eigenvalue weighted by molar-refractivity contribution is -0.140. The normalized spacial score (nSPS) is 20.9. The Morgan fingerprint density at radius 2 is 2.08 bits per heavy atom. The zero-order chi connectivity index (χ0) is 18.4. The number of nitrogens with zero attached hydrogens (tertiary/aromatic N) is 1. The third kappa shape index (κ3) is 5.40. The Morgan fingerprint density at radius 1 is 1.27 bits per heavy atom. The maximum atomic E-state index is 12.6. The predicted octanol–water partition coefficient (Wildman–Crippen LogP) is 3.36. The van der Waals surface area contributed by atoms with Gasteiger partial charge in [-0.1, -0.05) is 12.1 Å². The van der Waals surface area contributed by atoms with Gasteiger partial charge in [-0.25, -0.2) is 0 Å². The van der Waals surface area contributed by atoms with Crippen LogP contribution in [0, 0.1) is 0 Å². The molecule has 1 N–H and O–H groups in total. The van der Waals surface area contributed by atoms with Crippen molar-refractivity contribution in [3.05, 3.63) is 29.8 Å². The number of carboxylic acid groups (broad SMARTS) is 1. The molecule has 26 heavy (non-hydrogen) atoms. The highest BCUT2D eigenvalue weighted by Crippen LogP contribution is 2.25.